The Bertz CT molecular complexity index is 3740. The molecular formula is C65H43NS. The number of fused-ring (bicyclic) bond motifs is 7. The van der Waals surface area contributed by atoms with Gasteiger partial charge in [-0.25, -0.2) is 0 Å². The standard InChI is InChI=1S/C65H43NS/c1-5-18-44(19-6-1)50-41-58(47-21-7-2-8-22-47)63-59(42-50)57-29-17-31-62(64(57)67-63)66(53-36-34-46(35-37-53)49-33-32-45-20-13-14-23-48(45)40-49)54-38-39-56-55-28-15-16-30-60(55)65(61(56)43-54,51-24-9-3-10-25-51)52-26-11-4-12-27-52/h1-43H. The summed E-state index contributed by atoms with van der Waals surface area (Å²) < 4.78 is 2.54. The van der Waals surface area contributed by atoms with E-state index in [0.717, 1.165) is 17.1 Å². The van der Waals surface area contributed by atoms with E-state index in [2.05, 4.69) is 266 Å². The molecule has 0 aliphatic heterocycles. The second-order valence-corrected chi connectivity index (χ2v) is 18.6. The third-order valence-electron chi connectivity index (χ3n) is 13.9. The van der Waals surface area contributed by atoms with Gasteiger partial charge in [-0.15, -0.1) is 11.3 Å². The molecule has 314 valence electrons. The normalized spacial score (nSPS) is 12.6. The molecule has 0 saturated heterocycles. The van der Waals surface area contributed by atoms with E-state index in [1.165, 1.54) is 97.7 Å². The van der Waals surface area contributed by atoms with E-state index >= 15 is 0 Å². The molecule has 67 heavy (non-hydrogen) atoms. The zero-order valence-electron chi connectivity index (χ0n) is 36.7. The van der Waals surface area contributed by atoms with Crippen LogP contribution in [0.4, 0.5) is 17.1 Å². The average Bonchev–Trinajstić information content (AvgIpc) is 3.94. The van der Waals surface area contributed by atoms with Gasteiger partial charge in [0.1, 0.15) is 0 Å². The van der Waals surface area contributed by atoms with Crippen molar-refractivity contribution in [3.8, 4) is 44.5 Å². The van der Waals surface area contributed by atoms with Crippen LogP contribution in [0.15, 0.2) is 261 Å². The Morgan fingerprint density at radius 2 is 0.881 bits per heavy atom. The molecule has 1 heterocycles. The summed E-state index contributed by atoms with van der Waals surface area (Å²) >= 11 is 1.90. The van der Waals surface area contributed by atoms with Crippen LogP contribution >= 0.6 is 11.3 Å². The smallest absolute Gasteiger partial charge is 0.0714 e. The Labute approximate surface area is 395 Å². The van der Waals surface area contributed by atoms with Crippen LogP contribution in [0.3, 0.4) is 0 Å². The zero-order chi connectivity index (χ0) is 44.3. The van der Waals surface area contributed by atoms with Crippen molar-refractivity contribution in [2.24, 2.45) is 0 Å². The third-order valence-corrected chi connectivity index (χ3v) is 15.2. The van der Waals surface area contributed by atoms with Gasteiger partial charge < -0.3 is 4.90 Å². The lowest BCUT2D eigenvalue weighted by atomic mass is 9.67. The van der Waals surface area contributed by atoms with E-state index in [1.54, 1.807) is 0 Å². The minimum Gasteiger partial charge on any atom is -0.309 e. The van der Waals surface area contributed by atoms with Gasteiger partial charge in [-0.3, -0.25) is 0 Å². The van der Waals surface area contributed by atoms with Crippen molar-refractivity contribution in [3.63, 3.8) is 0 Å². The van der Waals surface area contributed by atoms with Gasteiger partial charge in [0.05, 0.1) is 15.8 Å². The topological polar surface area (TPSA) is 3.24 Å². The molecular weight excluding hydrogens is 827 g/mol. The van der Waals surface area contributed by atoms with E-state index in [4.69, 9.17) is 0 Å². The SMILES string of the molecule is c1ccc(-c2cc(-c3ccccc3)c3sc4c(N(c5ccc(-c6ccc7ccccc7c6)cc5)c5ccc6c(c5)C(c5ccccc5)(c5ccccc5)c5ccccc5-6)cccc4c3c2)cc1. The van der Waals surface area contributed by atoms with Gasteiger partial charge in [0.2, 0.25) is 0 Å². The summed E-state index contributed by atoms with van der Waals surface area (Å²) in [7, 11) is 0. The maximum absolute atomic E-state index is 2.51. The minimum atomic E-state index is -0.530. The number of thiophene rings is 1. The van der Waals surface area contributed by atoms with Crippen LogP contribution in [0.1, 0.15) is 22.3 Å². The monoisotopic (exact) mass is 869 g/mol. The molecule has 0 saturated carbocycles. The number of benzene rings is 11. The van der Waals surface area contributed by atoms with Crippen molar-refractivity contribution in [1.82, 2.24) is 0 Å². The van der Waals surface area contributed by atoms with Gasteiger partial charge in [0, 0.05) is 32.4 Å². The minimum absolute atomic E-state index is 0.530. The average molecular weight is 870 g/mol. The fourth-order valence-corrected chi connectivity index (χ4v) is 12.2. The predicted octanol–water partition coefficient (Wildman–Crippen LogP) is 18.0. The first-order valence-electron chi connectivity index (χ1n) is 23.1. The van der Waals surface area contributed by atoms with E-state index in [1.807, 2.05) is 11.3 Å². The molecule has 0 unspecified atom stereocenters. The number of hydrogen-bond donors (Lipinski definition) is 0. The Kier molecular flexibility index (Phi) is 9.33. The Morgan fingerprint density at radius 3 is 1.61 bits per heavy atom. The summed E-state index contributed by atoms with van der Waals surface area (Å²) in [5, 5.41) is 5.01. The van der Waals surface area contributed by atoms with Crippen molar-refractivity contribution in [2.45, 2.75) is 5.41 Å². The van der Waals surface area contributed by atoms with Crippen LogP contribution in [-0.2, 0) is 5.41 Å². The molecule has 1 aliphatic carbocycles. The molecule has 11 aromatic carbocycles. The largest absolute Gasteiger partial charge is 0.309 e. The van der Waals surface area contributed by atoms with Crippen LogP contribution in [0.5, 0.6) is 0 Å². The molecule has 2 heteroatoms. The van der Waals surface area contributed by atoms with E-state index in [0.29, 0.717) is 0 Å². The van der Waals surface area contributed by atoms with E-state index in [-0.39, 0.29) is 0 Å². The number of hydrogen-bond acceptors (Lipinski definition) is 2. The number of rotatable bonds is 8. The van der Waals surface area contributed by atoms with Gasteiger partial charge in [0.25, 0.3) is 0 Å². The summed E-state index contributed by atoms with van der Waals surface area (Å²) in [6.45, 7) is 0. The molecule has 13 rings (SSSR count). The van der Waals surface area contributed by atoms with Crippen LogP contribution in [-0.4, -0.2) is 0 Å². The first kappa shape index (κ1) is 39.1. The van der Waals surface area contributed by atoms with Gasteiger partial charge in [-0.1, -0.05) is 212 Å². The quantitative estimate of drug-likeness (QED) is 0.147. The molecule has 0 N–H and O–H groups in total. The lowest BCUT2D eigenvalue weighted by Gasteiger charge is -2.35. The van der Waals surface area contributed by atoms with Gasteiger partial charge in [-0.05, 0) is 121 Å². The highest BCUT2D eigenvalue weighted by molar-refractivity contribution is 7.27. The summed E-state index contributed by atoms with van der Waals surface area (Å²) in [5.41, 5.74) is 17.8. The van der Waals surface area contributed by atoms with E-state index < -0.39 is 5.41 Å². The fraction of sp³-hybridized carbons (Fsp3) is 0.0154. The lowest BCUT2D eigenvalue weighted by molar-refractivity contribution is 0.768. The summed E-state index contributed by atoms with van der Waals surface area (Å²) in [6, 6.07) is 96.4. The van der Waals surface area contributed by atoms with Crippen molar-refractivity contribution in [2.75, 3.05) is 4.90 Å². The first-order chi connectivity index (χ1) is 33.2. The molecule has 1 aliphatic rings. The molecule has 0 amide bonds. The number of anilines is 3. The van der Waals surface area contributed by atoms with Crippen LogP contribution in [0.25, 0.3) is 75.5 Å². The Hall–Kier alpha value is -8.30. The van der Waals surface area contributed by atoms with Crippen molar-refractivity contribution in [3.05, 3.63) is 283 Å². The molecule has 0 atom stereocenters. The van der Waals surface area contributed by atoms with Crippen molar-refractivity contribution >= 4 is 59.3 Å². The van der Waals surface area contributed by atoms with Crippen LogP contribution in [0.2, 0.25) is 0 Å². The third kappa shape index (κ3) is 6.37. The molecule has 1 nitrogen and oxygen atoms in total. The highest BCUT2D eigenvalue weighted by Gasteiger charge is 2.46. The molecule has 0 spiro atoms. The zero-order valence-corrected chi connectivity index (χ0v) is 37.5. The molecule has 12 aromatic rings. The maximum atomic E-state index is 2.51. The Morgan fingerprint density at radius 1 is 0.299 bits per heavy atom. The molecule has 1 aromatic heterocycles. The van der Waals surface area contributed by atoms with Gasteiger partial charge >= 0.3 is 0 Å². The fourth-order valence-electron chi connectivity index (χ4n) is 10.9. The summed E-state index contributed by atoms with van der Waals surface area (Å²) in [6.07, 6.45) is 0. The molecule has 0 radical (unpaired) electrons. The summed E-state index contributed by atoms with van der Waals surface area (Å²) in [5.74, 6) is 0. The van der Waals surface area contributed by atoms with Crippen molar-refractivity contribution in [1.29, 1.82) is 0 Å². The van der Waals surface area contributed by atoms with Crippen molar-refractivity contribution < 1.29 is 0 Å². The molecule has 0 bridgehead atoms. The predicted molar refractivity (Wildman–Crippen MR) is 285 cm³/mol. The van der Waals surface area contributed by atoms with Crippen LogP contribution in [0, 0.1) is 0 Å². The highest BCUT2D eigenvalue weighted by Crippen LogP contribution is 2.58. The van der Waals surface area contributed by atoms with Gasteiger partial charge in [-0.2, -0.15) is 0 Å². The van der Waals surface area contributed by atoms with E-state index in [9.17, 15) is 0 Å². The second-order valence-electron chi connectivity index (χ2n) is 17.6. The first-order valence-corrected chi connectivity index (χ1v) is 23.9. The summed E-state index contributed by atoms with van der Waals surface area (Å²) in [4.78, 5) is 2.51. The Balaban J connectivity index is 1.07. The van der Waals surface area contributed by atoms with Crippen LogP contribution < -0.4 is 4.90 Å². The number of nitrogens with zero attached hydrogens (tertiary/aromatic N) is 1. The highest BCUT2D eigenvalue weighted by atomic mass is 32.1. The van der Waals surface area contributed by atoms with Gasteiger partial charge in [0.15, 0.2) is 0 Å². The lowest BCUT2D eigenvalue weighted by Crippen LogP contribution is -2.28. The molecule has 0 fully saturated rings. The second kappa shape index (κ2) is 16.0. The maximum Gasteiger partial charge on any atom is 0.0714 e.